The Balaban J connectivity index is 1.79. The Hall–Kier alpha value is -3.68. The van der Waals surface area contributed by atoms with Crippen LogP contribution < -0.4 is 19.6 Å². The van der Waals surface area contributed by atoms with Gasteiger partial charge in [0.05, 0.1) is 35.6 Å². The Kier molecular flexibility index (Phi) is 6.51. The Morgan fingerprint density at radius 2 is 1.89 bits per heavy atom. The molecule has 0 bridgehead atoms. The first-order valence-electron chi connectivity index (χ1n) is 11.4. The van der Waals surface area contributed by atoms with Crippen molar-refractivity contribution in [3.8, 4) is 5.75 Å². The summed E-state index contributed by atoms with van der Waals surface area (Å²) < 4.78 is 13.0. The number of nitrogens with zero attached hydrogens (tertiary/aromatic N) is 2. The number of esters is 1. The molecule has 1 atom stereocenters. The smallest absolute Gasteiger partial charge is 0.338 e. The van der Waals surface area contributed by atoms with Gasteiger partial charge in [0, 0.05) is 10.6 Å². The molecule has 182 valence electrons. The summed E-state index contributed by atoms with van der Waals surface area (Å²) in [6.45, 7) is 4.18. The lowest BCUT2D eigenvalue weighted by Crippen LogP contribution is -2.39. The van der Waals surface area contributed by atoms with Gasteiger partial charge in [-0.25, -0.2) is 9.79 Å². The van der Waals surface area contributed by atoms with Gasteiger partial charge in [-0.1, -0.05) is 65.4 Å². The van der Waals surface area contributed by atoms with Crippen LogP contribution in [0.2, 0.25) is 5.02 Å². The van der Waals surface area contributed by atoms with Crippen LogP contribution in [-0.4, -0.2) is 24.3 Å². The SMILES string of the molecule is CCOc1ccc2ccccc2c1/C=c1\sc2n(c1=O)[C@@H](c1ccc(Cl)cc1)C(C(=O)OC)=C(C)N=2. The molecule has 1 aliphatic heterocycles. The number of ether oxygens (including phenoxy) is 2. The average Bonchev–Trinajstić information content (AvgIpc) is 3.19. The number of allylic oxidation sites excluding steroid dienone is 1. The van der Waals surface area contributed by atoms with E-state index in [1.54, 1.807) is 23.6 Å². The molecule has 0 aliphatic carbocycles. The molecule has 0 saturated carbocycles. The van der Waals surface area contributed by atoms with Crippen LogP contribution in [0.4, 0.5) is 0 Å². The number of methoxy groups -OCH3 is 1. The van der Waals surface area contributed by atoms with E-state index in [1.165, 1.54) is 18.4 Å². The highest BCUT2D eigenvalue weighted by atomic mass is 35.5. The Bertz CT molecular complexity index is 1700. The second-order valence-corrected chi connectivity index (χ2v) is 9.70. The predicted molar refractivity (Wildman–Crippen MR) is 142 cm³/mol. The van der Waals surface area contributed by atoms with E-state index in [2.05, 4.69) is 4.99 Å². The number of thiazole rings is 1. The van der Waals surface area contributed by atoms with Crippen LogP contribution in [0.3, 0.4) is 0 Å². The third-order valence-corrected chi connectivity index (χ3v) is 7.35. The first-order valence-corrected chi connectivity index (χ1v) is 12.6. The molecular formula is C28H23ClN2O4S. The van der Waals surface area contributed by atoms with Gasteiger partial charge in [0.15, 0.2) is 4.80 Å². The first-order chi connectivity index (χ1) is 17.4. The highest BCUT2D eigenvalue weighted by Crippen LogP contribution is 2.32. The number of fused-ring (bicyclic) bond motifs is 2. The molecule has 0 radical (unpaired) electrons. The topological polar surface area (TPSA) is 69.9 Å². The molecule has 8 heteroatoms. The molecule has 0 N–H and O–H groups in total. The standard InChI is InChI=1S/C28H23ClN2O4S/c1-4-35-22-14-11-17-7-5-6-8-20(17)21(22)15-23-26(32)31-25(18-9-12-19(29)13-10-18)24(27(33)34-3)16(2)30-28(31)36-23/h5-15,25H,4H2,1-3H3/b23-15-/t25-/m0/s1. The number of carbonyl (C=O) groups is 1. The van der Waals surface area contributed by atoms with E-state index in [0.29, 0.717) is 38.0 Å². The summed E-state index contributed by atoms with van der Waals surface area (Å²) >= 11 is 7.39. The molecule has 6 nitrogen and oxygen atoms in total. The molecule has 0 unspecified atom stereocenters. The van der Waals surface area contributed by atoms with Gasteiger partial charge in [0.25, 0.3) is 5.56 Å². The maximum absolute atomic E-state index is 13.9. The van der Waals surface area contributed by atoms with Crippen molar-refractivity contribution >= 4 is 45.8 Å². The monoisotopic (exact) mass is 518 g/mol. The predicted octanol–water partition coefficient (Wildman–Crippen LogP) is 4.61. The van der Waals surface area contributed by atoms with Crippen molar-refractivity contribution in [3.63, 3.8) is 0 Å². The summed E-state index contributed by atoms with van der Waals surface area (Å²) in [6.07, 6.45) is 1.85. The van der Waals surface area contributed by atoms with Crippen molar-refractivity contribution in [2.45, 2.75) is 19.9 Å². The van der Waals surface area contributed by atoms with E-state index in [-0.39, 0.29) is 5.56 Å². The fourth-order valence-corrected chi connectivity index (χ4v) is 5.64. The normalized spacial score (nSPS) is 15.6. The Morgan fingerprint density at radius 1 is 1.14 bits per heavy atom. The molecule has 2 heterocycles. The van der Waals surface area contributed by atoms with E-state index in [1.807, 2.05) is 61.5 Å². The molecule has 0 amide bonds. The van der Waals surface area contributed by atoms with E-state index < -0.39 is 12.0 Å². The van der Waals surface area contributed by atoms with Gasteiger partial charge in [-0.15, -0.1) is 0 Å². The van der Waals surface area contributed by atoms with Crippen LogP contribution in [0.5, 0.6) is 5.75 Å². The molecule has 0 fully saturated rings. The van der Waals surface area contributed by atoms with E-state index in [4.69, 9.17) is 21.1 Å². The lowest BCUT2D eigenvalue weighted by Gasteiger charge is -2.24. The van der Waals surface area contributed by atoms with Gasteiger partial charge < -0.3 is 9.47 Å². The third-order valence-electron chi connectivity index (χ3n) is 6.12. The lowest BCUT2D eigenvalue weighted by atomic mass is 9.96. The number of benzene rings is 3. The minimum absolute atomic E-state index is 0.247. The number of rotatable bonds is 5. The van der Waals surface area contributed by atoms with E-state index in [0.717, 1.165) is 21.9 Å². The summed E-state index contributed by atoms with van der Waals surface area (Å²) in [6, 6.07) is 18.3. The van der Waals surface area contributed by atoms with Crippen molar-refractivity contribution in [2.75, 3.05) is 13.7 Å². The second-order valence-electron chi connectivity index (χ2n) is 8.26. The molecule has 4 aromatic rings. The van der Waals surface area contributed by atoms with Crippen molar-refractivity contribution < 1.29 is 14.3 Å². The molecule has 1 aliphatic rings. The summed E-state index contributed by atoms with van der Waals surface area (Å²) in [5, 5.41) is 2.59. The van der Waals surface area contributed by atoms with Crippen LogP contribution in [0.25, 0.3) is 16.8 Å². The van der Waals surface area contributed by atoms with Crippen LogP contribution in [0.1, 0.15) is 31.0 Å². The maximum atomic E-state index is 13.9. The molecule has 36 heavy (non-hydrogen) atoms. The number of carbonyl (C=O) groups excluding carboxylic acids is 1. The quantitative estimate of drug-likeness (QED) is 0.362. The van der Waals surface area contributed by atoms with Gasteiger partial charge in [0.2, 0.25) is 0 Å². The van der Waals surface area contributed by atoms with Gasteiger partial charge >= 0.3 is 5.97 Å². The van der Waals surface area contributed by atoms with Gasteiger partial charge in [0.1, 0.15) is 5.75 Å². The lowest BCUT2D eigenvalue weighted by molar-refractivity contribution is -0.136. The third kappa shape index (κ3) is 4.14. The van der Waals surface area contributed by atoms with Crippen LogP contribution in [0, 0.1) is 0 Å². The van der Waals surface area contributed by atoms with Crippen molar-refractivity contribution in [2.24, 2.45) is 4.99 Å². The number of halogens is 1. The number of aromatic nitrogens is 1. The molecule has 1 aromatic heterocycles. The van der Waals surface area contributed by atoms with Gasteiger partial charge in [-0.2, -0.15) is 0 Å². The fourth-order valence-electron chi connectivity index (χ4n) is 4.49. The van der Waals surface area contributed by atoms with Crippen LogP contribution in [-0.2, 0) is 9.53 Å². The zero-order chi connectivity index (χ0) is 25.4. The first kappa shape index (κ1) is 24.0. The minimum Gasteiger partial charge on any atom is -0.493 e. The van der Waals surface area contributed by atoms with Gasteiger partial charge in [-0.3, -0.25) is 9.36 Å². The van der Waals surface area contributed by atoms with E-state index in [9.17, 15) is 9.59 Å². The summed E-state index contributed by atoms with van der Waals surface area (Å²) in [7, 11) is 1.32. The summed E-state index contributed by atoms with van der Waals surface area (Å²) in [5.41, 5.74) is 2.14. The highest BCUT2D eigenvalue weighted by molar-refractivity contribution is 7.07. The second kappa shape index (κ2) is 9.76. The van der Waals surface area contributed by atoms with Crippen molar-refractivity contribution in [1.82, 2.24) is 4.57 Å². The molecule has 3 aromatic carbocycles. The molecule has 0 spiro atoms. The summed E-state index contributed by atoms with van der Waals surface area (Å²) in [4.78, 5) is 31.8. The molecule has 0 saturated heterocycles. The molecular weight excluding hydrogens is 496 g/mol. The van der Waals surface area contributed by atoms with Gasteiger partial charge in [-0.05, 0) is 54.5 Å². The average molecular weight is 519 g/mol. The largest absolute Gasteiger partial charge is 0.493 e. The molecule has 5 rings (SSSR count). The minimum atomic E-state index is -0.688. The zero-order valence-corrected chi connectivity index (χ0v) is 21.5. The van der Waals surface area contributed by atoms with Crippen LogP contribution in [0.15, 0.2) is 81.7 Å². The number of hydrogen-bond acceptors (Lipinski definition) is 6. The highest BCUT2D eigenvalue weighted by Gasteiger charge is 2.33. The Morgan fingerprint density at radius 3 is 2.61 bits per heavy atom. The van der Waals surface area contributed by atoms with Crippen molar-refractivity contribution in [3.05, 3.63) is 108 Å². The maximum Gasteiger partial charge on any atom is 0.338 e. The van der Waals surface area contributed by atoms with E-state index >= 15 is 0 Å². The van der Waals surface area contributed by atoms with Crippen LogP contribution >= 0.6 is 22.9 Å². The Labute approximate surface area is 216 Å². The fraction of sp³-hybridized carbons (Fsp3) is 0.179. The number of hydrogen-bond donors (Lipinski definition) is 0. The van der Waals surface area contributed by atoms with Crippen molar-refractivity contribution in [1.29, 1.82) is 0 Å². The zero-order valence-electron chi connectivity index (χ0n) is 19.9. The summed E-state index contributed by atoms with van der Waals surface area (Å²) in [5.74, 6) is 0.167.